The molecule has 0 aromatic carbocycles. The standard InChI is InChI=1S/C12H25N/c1-7-8-11(4)12(5,6)9-13-10(2)3/h11,13H,2,7-9H2,1,3-6H3. The summed E-state index contributed by atoms with van der Waals surface area (Å²) in [7, 11) is 0. The molecule has 1 nitrogen and oxygen atoms in total. The Balaban J connectivity index is 3.97. The van der Waals surface area contributed by atoms with Crippen molar-refractivity contribution in [2.45, 2.75) is 47.5 Å². The van der Waals surface area contributed by atoms with E-state index in [4.69, 9.17) is 0 Å². The van der Waals surface area contributed by atoms with E-state index in [1.807, 2.05) is 6.92 Å². The molecule has 0 aliphatic heterocycles. The Morgan fingerprint density at radius 2 is 2.00 bits per heavy atom. The van der Waals surface area contributed by atoms with Gasteiger partial charge in [-0.2, -0.15) is 0 Å². The van der Waals surface area contributed by atoms with Crippen LogP contribution >= 0.6 is 0 Å². The quantitative estimate of drug-likeness (QED) is 0.664. The summed E-state index contributed by atoms with van der Waals surface area (Å²) in [6.07, 6.45) is 2.59. The van der Waals surface area contributed by atoms with Crippen LogP contribution in [0.4, 0.5) is 0 Å². The number of rotatable bonds is 6. The van der Waals surface area contributed by atoms with Gasteiger partial charge in [-0.3, -0.25) is 0 Å². The normalized spacial score (nSPS) is 13.9. The molecule has 0 fully saturated rings. The Bertz CT molecular complexity index is 159. The lowest BCUT2D eigenvalue weighted by molar-refractivity contribution is 0.214. The van der Waals surface area contributed by atoms with E-state index in [1.54, 1.807) is 0 Å². The highest BCUT2D eigenvalue weighted by atomic mass is 14.9. The summed E-state index contributed by atoms with van der Waals surface area (Å²) in [5.74, 6) is 0.768. The molecule has 0 spiro atoms. The van der Waals surface area contributed by atoms with Gasteiger partial charge in [-0.15, -0.1) is 0 Å². The first-order valence-corrected chi connectivity index (χ1v) is 5.29. The second-order valence-electron chi connectivity index (χ2n) is 4.81. The van der Waals surface area contributed by atoms with Gasteiger partial charge in [-0.1, -0.05) is 47.1 Å². The van der Waals surface area contributed by atoms with Crippen molar-refractivity contribution in [2.75, 3.05) is 6.54 Å². The summed E-state index contributed by atoms with van der Waals surface area (Å²) in [6, 6.07) is 0. The highest BCUT2D eigenvalue weighted by Crippen LogP contribution is 2.29. The summed E-state index contributed by atoms with van der Waals surface area (Å²) >= 11 is 0. The zero-order chi connectivity index (χ0) is 10.5. The molecular weight excluding hydrogens is 158 g/mol. The fourth-order valence-electron chi connectivity index (χ4n) is 1.38. The van der Waals surface area contributed by atoms with Crippen LogP contribution in [-0.4, -0.2) is 6.54 Å². The molecule has 1 unspecified atom stereocenters. The van der Waals surface area contributed by atoms with E-state index in [0.29, 0.717) is 5.41 Å². The molecule has 0 saturated carbocycles. The maximum atomic E-state index is 3.85. The average molecular weight is 183 g/mol. The summed E-state index contributed by atoms with van der Waals surface area (Å²) in [5, 5.41) is 3.33. The van der Waals surface area contributed by atoms with Crippen LogP contribution in [0.25, 0.3) is 0 Å². The maximum absolute atomic E-state index is 3.85. The van der Waals surface area contributed by atoms with E-state index >= 15 is 0 Å². The maximum Gasteiger partial charge on any atom is 0.0197 e. The summed E-state index contributed by atoms with van der Waals surface area (Å²) in [6.45, 7) is 16.1. The predicted octanol–water partition coefficient (Wildman–Crippen LogP) is 3.57. The lowest BCUT2D eigenvalue weighted by atomic mass is 9.77. The van der Waals surface area contributed by atoms with Crippen molar-refractivity contribution in [1.82, 2.24) is 5.32 Å². The number of hydrogen-bond donors (Lipinski definition) is 1. The van der Waals surface area contributed by atoms with E-state index in [-0.39, 0.29) is 0 Å². The Morgan fingerprint density at radius 1 is 1.46 bits per heavy atom. The lowest BCUT2D eigenvalue weighted by Gasteiger charge is -2.32. The van der Waals surface area contributed by atoms with E-state index in [0.717, 1.165) is 18.2 Å². The van der Waals surface area contributed by atoms with Crippen molar-refractivity contribution in [1.29, 1.82) is 0 Å². The molecule has 0 aromatic rings. The molecule has 0 amide bonds. The third kappa shape index (κ3) is 4.97. The van der Waals surface area contributed by atoms with Gasteiger partial charge in [-0.05, 0) is 18.3 Å². The largest absolute Gasteiger partial charge is 0.388 e. The Labute approximate surface area is 83.6 Å². The number of nitrogens with one attached hydrogen (secondary N) is 1. The van der Waals surface area contributed by atoms with E-state index in [1.165, 1.54) is 12.8 Å². The first-order valence-electron chi connectivity index (χ1n) is 5.29. The first kappa shape index (κ1) is 12.5. The molecule has 0 radical (unpaired) electrons. The fourth-order valence-corrected chi connectivity index (χ4v) is 1.38. The molecule has 78 valence electrons. The number of allylic oxidation sites excluding steroid dienone is 1. The van der Waals surface area contributed by atoms with Crippen molar-refractivity contribution in [2.24, 2.45) is 11.3 Å². The van der Waals surface area contributed by atoms with Crippen LogP contribution < -0.4 is 5.32 Å². The van der Waals surface area contributed by atoms with Crippen LogP contribution in [0.2, 0.25) is 0 Å². The molecule has 0 saturated heterocycles. The van der Waals surface area contributed by atoms with Crippen molar-refractivity contribution in [3.63, 3.8) is 0 Å². The second-order valence-corrected chi connectivity index (χ2v) is 4.81. The van der Waals surface area contributed by atoms with Crippen LogP contribution in [0.3, 0.4) is 0 Å². The first-order chi connectivity index (χ1) is 5.90. The lowest BCUT2D eigenvalue weighted by Crippen LogP contribution is -2.33. The van der Waals surface area contributed by atoms with Crippen LogP contribution in [0.15, 0.2) is 12.3 Å². The molecule has 1 N–H and O–H groups in total. The predicted molar refractivity (Wildman–Crippen MR) is 60.7 cm³/mol. The summed E-state index contributed by atoms with van der Waals surface area (Å²) in [4.78, 5) is 0. The van der Waals surface area contributed by atoms with Gasteiger partial charge in [0, 0.05) is 12.2 Å². The van der Waals surface area contributed by atoms with Gasteiger partial charge in [-0.25, -0.2) is 0 Å². The molecule has 0 aliphatic rings. The van der Waals surface area contributed by atoms with Gasteiger partial charge in [0.2, 0.25) is 0 Å². The van der Waals surface area contributed by atoms with Gasteiger partial charge >= 0.3 is 0 Å². The molecule has 1 atom stereocenters. The topological polar surface area (TPSA) is 12.0 Å². The molecule has 0 heterocycles. The minimum absolute atomic E-state index is 0.370. The van der Waals surface area contributed by atoms with E-state index in [9.17, 15) is 0 Å². The minimum Gasteiger partial charge on any atom is -0.388 e. The SMILES string of the molecule is C=C(C)NCC(C)(C)C(C)CCC. The highest BCUT2D eigenvalue weighted by Gasteiger charge is 2.24. The Hall–Kier alpha value is -0.460. The molecule has 1 heteroatoms. The second kappa shape index (κ2) is 5.31. The van der Waals surface area contributed by atoms with Crippen LogP contribution in [0.1, 0.15) is 47.5 Å². The van der Waals surface area contributed by atoms with Crippen molar-refractivity contribution in [3.05, 3.63) is 12.3 Å². The summed E-state index contributed by atoms with van der Waals surface area (Å²) in [5.41, 5.74) is 1.44. The Morgan fingerprint density at radius 3 is 2.38 bits per heavy atom. The van der Waals surface area contributed by atoms with Crippen LogP contribution in [0, 0.1) is 11.3 Å². The Kier molecular flexibility index (Phi) is 5.12. The molecule has 0 bridgehead atoms. The van der Waals surface area contributed by atoms with Gasteiger partial charge < -0.3 is 5.32 Å². The van der Waals surface area contributed by atoms with E-state index in [2.05, 4.69) is 39.6 Å². The third-order valence-electron chi connectivity index (χ3n) is 2.90. The molecular formula is C12H25N. The zero-order valence-corrected chi connectivity index (χ0v) is 9.91. The van der Waals surface area contributed by atoms with Crippen LogP contribution in [0.5, 0.6) is 0 Å². The number of hydrogen-bond acceptors (Lipinski definition) is 1. The highest BCUT2D eigenvalue weighted by molar-refractivity contribution is 4.88. The van der Waals surface area contributed by atoms with Crippen molar-refractivity contribution < 1.29 is 0 Å². The molecule has 0 aromatic heterocycles. The monoisotopic (exact) mass is 183 g/mol. The minimum atomic E-state index is 0.370. The molecule has 13 heavy (non-hydrogen) atoms. The van der Waals surface area contributed by atoms with Gasteiger partial charge in [0.25, 0.3) is 0 Å². The molecule has 0 rings (SSSR count). The van der Waals surface area contributed by atoms with Crippen molar-refractivity contribution >= 4 is 0 Å². The third-order valence-corrected chi connectivity index (χ3v) is 2.90. The smallest absolute Gasteiger partial charge is 0.0197 e. The van der Waals surface area contributed by atoms with E-state index < -0.39 is 0 Å². The van der Waals surface area contributed by atoms with Gasteiger partial charge in [0.05, 0.1) is 0 Å². The van der Waals surface area contributed by atoms with Gasteiger partial charge in [0.15, 0.2) is 0 Å². The molecule has 0 aliphatic carbocycles. The zero-order valence-electron chi connectivity index (χ0n) is 9.91. The van der Waals surface area contributed by atoms with Crippen molar-refractivity contribution in [3.8, 4) is 0 Å². The van der Waals surface area contributed by atoms with Crippen LogP contribution in [-0.2, 0) is 0 Å². The fraction of sp³-hybridized carbons (Fsp3) is 0.833. The van der Waals surface area contributed by atoms with Gasteiger partial charge in [0.1, 0.15) is 0 Å². The summed E-state index contributed by atoms with van der Waals surface area (Å²) < 4.78 is 0. The average Bonchev–Trinajstić information content (AvgIpc) is 2.01.